The number of hydrogen-bond donors (Lipinski definition) is 1. The molecule has 0 saturated heterocycles. The van der Waals surface area contributed by atoms with Gasteiger partial charge in [-0.05, 0) is 12.1 Å². The third-order valence-corrected chi connectivity index (χ3v) is 2.47. The summed E-state index contributed by atoms with van der Waals surface area (Å²) in [7, 11) is 1.78. The van der Waals surface area contributed by atoms with E-state index in [0.29, 0.717) is 10.7 Å². The van der Waals surface area contributed by atoms with E-state index in [1.807, 2.05) is 0 Å². The molecule has 0 bridgehead atoms. The molecule has 2 heterocycles. The maximum atomic E-state index is 6.01. The van der Waals surface area contributed by atoms with Crippen LogP contribution in [0.1, 0.15) is 17.4 Å². The number of nitrogens with two attached hydrogens (primary N) is 1. The lowest BCUT2D eigenvalue weighted by Gasteiger charge is -2.11. The Kier molecular flexibility index (Phi) is 2.66. The molecule has 0 fully saturated rings. The van der Waals surface area contributed by atoms with Crippen LogP contribution < -0.4 is 5.73 Å². The van der Waals surface area contributed by atoms with Gasteiger partial charge >= 0.3 is 0 Å². The molecule has 78 valence electrons. The molecule has 1 atom stereocenters. The van der Waals surface area contributed by atoms with E-state index in [4.69, 9.17) is 17.3 Å². The summed E-state index contributed by atoms with van der Waals surface area (Å²) in [6.45, 7) is 0. The van der Waals surface area contributed by atoms with Gasteiger partial charge in [0.05, 0.1) is 28.6 Å². The highest BCUT2D eigenvalue weighted by molar-refractivity contribution is 6.31. The van der Waals surface area contributed by atoms with Crippen LogP contribution >= 0.6 is 11.6 Å². The minimum atomic E-state index is -0.404. The van der Waals surface area contributed by atoms with Gasteiger partial charge in [0.15, 0.2) is 0 Å². The van der Waals surface area contributed by atoms with Crippen LogP contribution in [0.25, 0.3) is 0 Å². The Bertz CT molecular complexity index is 467. The van der Waals surface area contributed by atoms with Crippen molar-refractivity contribution in [2.24, 2.45) is 12.8 Å². The summed E-state index contributed by atoms with van der Waals surface area (Å²) in [6, 6.07) is 3.12. The fraction of sp³-hybridized carbons (Fsp3) is 0.222. The first-order valence-corrected chi connectivity index (χ1v) is 4.78. The van der Waals surface area contributed by atoms with Crippen molar-refractivity contribution >= 4 is 11.6 Å². The number of nitrogens with zero attached hydrogens (tertiary/aromatic N) is 4. The van der Waals surface area contributed by atoms with Gasteiger partial charge < -0.3 is 5.73 Å². The lowest BCUT2D eigenvalue weighted by atomic mass is 10.1. The Morgan fingerprint density at radius 2 is 2.33 bits per heavy atom. The molecule has 2 aromatic rings. The first kappa shape index (κ1) is 10.1. The molecule has 0 aliphatic carbocycles. The van der Waals surface area contributed by atoms with E-state index in [-0.39, 0.29) is 0 Å². The molecule has 15 heavy (non-hydrogen) atoms. The zero-order chi connectivity index (χ0) is 10.8. The van der Waals surface area contributed by atoms with Gasteiger partial charge in [-0.15, -0.1) is 5.10 Å². The minimum absolute atomic E-state index is 0.404. The maximum absolute atomic E-state index is 6.01. The molecular formula is C9H10ClN5. The molecule has 2 aromatic heterocycles. The van der Waals surface area contributed by atoms with Crippen LogP contribution in [0.3, 0.4) is 0 Å². The standard InChI is InChI=1S/C9H10ClN5/c1-15-7(5-13-14-15)8(11)9-6(10)3-2-4-12-9/h2-5,8H,11H2,1H3. The third kappa shape index (κ3) is 1.84. The van der Waals surface area contributed by atoms with E-state index in [2.05, 4.69) is 15.3 Å². The molecule has 0 aliphatic heterocycles. The molecule has 0 amide bonds. The summed E-state index contributed by atoms with van der Waals surface area (Å²) >= 11 is 6.00. The molecule has 0 aliphatic rings. The predicted molar refractivity (Wildman–Crippen MR) is 56.3 cm³/mol. The Balaban J connectivity index is 2.41. The Morgan fingerprint density at radius 3 is 2.93 bits per heavy atom. The van der Waals surface area contributed by atoms with Crippen LogP contribution in [-0.2, 0) is 7.05 Å². The van der Waals surface area contributed by atoms with Gasteiger partial charge in [-0.2, -0.15) is 0 Å². The van der Waals surface area contributed by atoms with Crippen LogP contribution in [-0.4, -0.2) is 20.0 Å². The van der Waals surface area contributed by atoms with Gasteiger partial charge in [-0.1, -0.05) is 16.8 Å². The van der Waals surface area contributed by atoms with Gasteiger partial charge in [0.2, 0.25) is 0 Å². The molecule has 5 nitrogen and oxygen atoms in total. The van der Waals surface area contributed by atoms with Crippen molar-refractivity contribution in [2.75, 3.05) is 0 Å². The topological polar surface area (TPSA) is 69.6 Å². The Labute approximate surface area is 91.9 Å². The molecule has 0 radical (unpaired) electrons. The van der Waals surface area contributed by atoms with E-state index in [0.717, 1.165) is 5.69 Å². The van der Waals surface area contributed by atoms with E-state index in [1.165, 1.54) is 0 Å². The zero-order valence-electron chi connectivity index (χ0n) is 8.13. The summed E-state index contributed by atoms with van der Waals surface area (Å²) in [5, 5.41) is 8.12. The van der Waals surface area contributed by atoms with Crippen molar-refractivity contribution in [3.05, 3.63) is 40.9 Å². The van der Waals surface area contributed by atoms with Crippen LogP contribution in [0.5, 0.6) is 0 Å². The lowest BCUT2D eigenvalue weighted by Crippen LogP contribution is -2.17. The second-order valence-corrected chi connectivity index (χ2v) is 3.54. The fourth-order valence-electron chi connectivity index (χ4n) is 1.35. The number of hydrogen-bond acceptors (Lipinski definition) is 4. The van der Waals surface area contributed by atoms with Crippen molar-refractivity contribution in [2.45, 2.75) is 6.04 Å². The highest BCUT2D eigenvalue weighted by atomic mass is 35.5. The fourth-order valence-corrected chi connectivity index (χ4v) is 1.59. The van der Waals surface area contributed by atoms with Crippen LogP contribution in [0.15, 0.2) is 24.5 Å². The van der Waals surface area contributed by atoms with Crippen molar-refractivity contribution in [3.8, 4) is 0 Å². The van der Waals surface area contributed by atoms with Gasteiger partial charge in [-0.25, -0.2) is 0 Å². The third-order valence-electron chi connectivity index (χ3n) is 2.15. The van der Waals surface area contributed by atoms with Gasteiger partial charge in [-0.3, -0.25) is 9.67 Å². The quantitative estimate of drug-likeness (QED) is 0.822. The first-order chi connectivity index (χ1) is 7.20. The summed E-state index contributed by atoms with van der Waals surface area (Å²) < 4.78 is 1.61. The summed E-state index contributed by atoms with van der Waals surface area (Å²) in [5.74, 6) is 0. The number of aryl methyl sites for hydroxylation is 1. The number of halogens is 1. The van der Waals surface area contributed by atoms with Gasteiger partial charge in [0, 0.05) is 13.2 Å². The average Bonchev–Trinajstić information content (AvgIpc) is 2.64. The van der Waals surface area contributed by atoms with E-state index >= 15 is 0 Å². The average molecular weight is 224 g/mol. The van der Waals surface area contributed by atoms with E-state index in [9.17, 15) is 0 Å². The largest absolute Gasteiger partial charge is 0.318 e. The monoisotopic (exact) mass is 223 g/mol. The van der Waals surface area contributed by atoms with Crippen molar-refractivity contribution in [1.29, 1.82) is 0 Å². The smallest absolute Gasteiger partial charge is 0.0928 e. The second kappa shape index (κ2) is 3.96. The van der Waals surface area contributed by atoms with Crippen molar-refractivity contribution in [3.63, 3.8) is 0 Å². The zero-order valence-corrected chi connectivity index (χ0v) is 8.89. The molecule has 0 spiro atoms. The lowest BCUT2D eigenvalue weighted by molar-refractivity contribution is 0.644. The van der Waals surface area contributed by atoms with E-state index in [1.54, 1.807) is 36.3 Å². The minimum Gasteiger partial charge on any atom is -0.318 e. The Morgan fingerprint density at radius 1 is 1.53 bits per heavy atom. The van der Waals surface area contributed by atoms with Crippen molar-refractivity contribution in [1.82, 2.24) is 20.0 Å². The second-order valence-electron chi connectivity index (χ2n) is 3.13. The number of pyridine rings is 1. The molecular weight excluding hydrogens is 214 g/mol. The molecule has 6 heteroatoms. The van der Waals surface area contributed by atoms with Crippen molar-refractivity contribution < 1.29 is 0 Å². The molecule has 0 saturated carbocycles. The predicted octanol–water partition coefficient (Wildman–Crippen LogP) is 0.912. The molecule has 1 unspecified atom stereocenters. The molecule has 2 rings (SSSR count). The van der Waals surface area contributed by atoms with E-state index < -0.39 is 6.04 Å². The summed E-state index contributed by atoms with van der Waals surface area (Å²) in [5.41, 5.74) is 7.42. The number of rotatable bonds is 2. The SMILES string of the molecule is Cn1nncc1C(N)c1ncccc1Cl. The number of aromatic nitrogens is 4. The van der Waals surface area contributed by atoms with Crippen LogP contribution in [0.2, 0.25) is 5.02 Å². The highest BCUT2D eigenvalue weighted by Gasteiger charge is 2.16. The molecule has 2 N–H and O–H groups in total. The highest BCUT2D eigenvalue weighted by Crippen LogP contribution is 2.22. The molecule has 0 aromatic carbocycles. The van der Waals surface area contributed by atoms with Gasteiger partial charge in [0.25, 0.3) is 0 Å². The summed E-state index contributed by atoms with van der Waals surface area (Å²) in [4.78, 5) is 4.15. The Hall–Kier alpha value is -1.46. The maximum Gasteiger partial charge on any atom is 0.0928 e. The van der Waals surface area contributed by atoms with Gasteiger partial charge in [0.1, 0.15) is 0 Å². The normalized spacial score (nSPS) is 12.7. The summed E-state index contributed by atoms with van der Waals surface area (Å²) in [6.07, 6.45) is 3.26. The van der Waals surface area contributed by atoms with Crippen LogP contribution in [0.4, 0.5) is 0 Å². The van der Waals surface area contributed by atoms with Crippen LogP contribution in [0, 0.1) is 0 Å². The first-order valence-electron chi connectivity index (χ1n) is 4.40.